The van der Waals surface area contributed by atoms with Gasteiger partial charge in [-0.2, -0.15) is 79.0 Å². The smallest absolute Gasteiger partial charge is 0.432 e. The zero-order valence-electron chi connectivity index (χ0n) is 30.5. The van der Waals surface area contributed by atoms with Gasteiger partial charge >= 0.3 is 53.7 Å². The van der Waals surface area contributed by atoms with Crippen molar-refractivity contribution in [2.75, 3.05) is 13.2 Å². The van der Waals surface area contributed by atoms with Gasteiger partial charge in [-0.25, -0.2) is 4.39 Å². The first-order chi connectivity index (χ1) is 25.6. The summed E-state index contributed by atoms with van der Waals surface area (Å²) in [5, 5.41) is 0. The summed E-state index contributed by atoms with van der Waals surface area (Å²) >= 11 is 0. The fourth-order valence-corrected chi connectivity index (χ4v) is 6.56. The first-order valence-electron chi connectivity index (χ1n) is 17.4. The summed E-state index contributed by atoms with van der Waals surface area (Å²) < 4.78 is 284. The molecule has 0 saturated heterocycles. The van der Waals surface area contributed by atoms with Gasteiger partial charge in [0.25, 0.3) is 0 Å². The Labute approximate surface area is 315 Å². The third-order valence-corrected chi connectivity index (χ3v) is 9.78. The molecule has 1 aromatic carbocycles. The number of hydrogen-bond donors (Lipinski definition) is 0. The van der Waals surface area contributed by atoms with Crippen molar-refractivity contribution in [1.29, 1.82) is 0 Å². The van der Waals surface area contributed by atoms with Crippen LogP contribution in [-0.2, 0) is 9.47 Å². The van der Waals surface area contributed by atoms with Crippen LogP contribution in [0.2, 0.25) is 0 Å². The van der Waals surface area contributed by atoms with Crippen LogP contribution in [0.4, 0.5) is 83.4 Å². The van der Waals surface area contributed by atoms with E-state index in [1.54, 1.807) is 0 Å². The lowest BCUT2D eigenvalue weighted by Gasteiger charge is -2.46. The zero-order chi connectivity index (χ0) is 44.3. The Kier molecular flexibility index (Phi) is 15.5. The van der Waals surface area contributed by atoms with Gasteiger partial charge in [-0.3, -0.25) is 0 Å². The van der Waals surface area contributed by atoms with Crippen LogP contribution in [0.5, 0.6) is 5.75 Å². The van der Waals surface area contributed by atoms with Crippen LogP contribution in [0.25, 0.3) is 0 Å². The Balaban J connectivity index is 2.69. The topological polar surface area (TPSA) is 27.7 Å². The van der Waals surface area contributed by atoms with Crippen molar-refractivity contribution in [3.05, 3.63) is 42.5 Å². The second-order valence-corrected chi connectivity index (χ2v) is 14.3. The molecule has 57 heavy (non-hydrogen) atoms. The van der Waals surface area contributed by atoms with Crippen molar-refractivity contribution in [1.82, 2.24) is 0 Å². The SMILES string of the molecule is C=CCC(F)(F)C(F)(F)C(OCC(COC(C(F)(F)F)(C(F)(F)F)C(F)(F)C(C)(C)F)Oc1ccc(C2CCC(CCCCC)CC2)cc1)(C(F)(F)F)C(F)(F)F. The van der Waals surface area contributed by atoms with Gasteiger partial charge in [0.05, 0.1) is 13.2 Å². The van der Waals surface area contributed by atoms with E-state index >= 15 is 8.78 Å². The molecule has 0 aliphatic heterocycles. The van der Waals surface area contributed by atoms with Crippen LogP contribution in [-0.4, -0.2) is 78.7 Å². The number of benzene rings is 1. The van der Waals surface area contributed by atoms with Gasteiger partial charge in [0.2, 0.25) is 0 Å². The Morgan fingerprint density at radius 3 is 1.42 bits per heavy atom. The lowest BCUT2D eigenvalue weighted by atomic mass is 9.77. The molecule has 0 radical (unpaired) electrons. The first kappa shape index (κ1) is 50.5. The summed E-state index contributed by atoms with van der Waals surface area (Å²) in [7, 11) is 0. The van der Waals surface area contributed by atoms with E-state index in [1.165, 1.54) is 12.1 Å². The Morgan fingerprint density at radius 1 is 0.632 bits per heavy atom. The summed E-state index contributed by atoms with van der Waals surface area (Å²) in [5.74, 6) is -20.9. The normalized spacial score (nSPS) is 19.4. The van der Waals surface area contributed by atoms with E-state index < -0.39 is 105 Å². The maximum Gasteiger partial charge on any atom is 0.432 e. The number of alkyl halides is 19. The Hall–Kier alpha value is -2.65. The largest absolute Gasteiger partial charge is 0.486 e. The summed E-state index contributed by atoms with van der Waals surface area (Å²) in [6.07, 6.45) is -29.2. The second-order valence-electron chi connectivity index (χ2n) is 14.3. The molecular weight excluding hydrogens is 829 g/mol. The number of allylic oxidation sites excluding steroid dienone is 1. The van der Waals surface area contributed by atoms with Gasteiger partial charge in [0.15, 0.2) is 5.67 Å². The minimum absolute atomic E-state index is 0.131. The molecule has 1 saturated carbocycles. The highest BCUT2D eigenvalue weighted by molar-refractivity contribution is 5.30. The number of unbranched alkanes of at least 4 members (excludes halogenated alkanes) is 2. The maximum atomic E-state index is 15.0. The van der Waals surface area contributed by atoms with Gasteiger partial charge in [-0.15, -0.1) is 6.58 Å². The van der Waals surface area contributed by atoms with Gasteiger partial charge < -0.3 is 14.2 Å². The number of rotatable bonds is 19. The van der Waals surface area contributed by atoms with E-state index in [0.29, 0.717) is 24.3 Å². The maximum absolute atomic E-state index is 15.0. The van der Waals surface area contributed by atoms with E-state index in [1.807, 2.05) is 6.92 Å². The minimum atomic E-state index is -7.59. The third-order valence-electron chi connectivity index (χ3n) is 9.78. The van der Waals surface area contributed by atoms with E-state index in [4.69, 9.17) is 4.74 Å². The van der Waals surface area contributed by atoms with Crippen molar-refractivity contribution in [2.45, 2.75) is 150 Å². The predicted molar refractivity (Wildman–Crippen MR) is 166 cm³/mol. The number of halogens is 19. The fraction of sp³-hybridized carbons (Fsp3) is 0.771. The average Bonchev–Trinajstić information content (AvgIpc) is 3.02. The highest BCUT2D eigenvalue weighted by Gasteiger charge is 2.90. The van der Waals surface area contributed by atoms with Crippen LogP contribution in [0.15, 0.2) is 36.9 Å². The molecular formula is C35H41F19O3. The van der Waals surface area contributed by atoms with Crippen molar-refractivity contribution < 1.29 is 97.6 Å². The molecule has 0 amide bonds. The predicted octanol–water partition coefficient (Wildman–Crippen LogP) is 13.3. The van der Waals surface area contributed by atoms with Gasteiger partial charge in [0, 0.05) is 6.42 Å². The fourth-order valence-electron chi connectivity index (χ4n) is 6.56. The molecule has 1 atom stereocenters. The molecule has 0 heterocycles. The van der Waals surface area contributed by atoms with E-state index in [0.717, 1.165) is 50.7 Å². The molecule has 2 rings (SSSR count). The Bertz CT molecular complexity index is 1390. The highest BCUT2D eigenvalue weighted by atomic mass is 19.4. The summed E-state index contributed by atoms with van der Waals surface area (Å²) in [6.45, 7) is -2.09. The number of ether oxygens (including phenoxy) is 3. The molecule has 0 spiro atoms. The first-order valence-corrected chi connectivity index (χ1v) is 17.4. The monoisotopic (exact) mass is 870 g/mol. The molecule has 332 valence electrons. The molecule has 0 bridgehead atoms. The third kappa shape index (κ3) is 10.0. The Morgan fingerprint density at radius 2 is 1.05 bits per heavy atom. The van der Waals surface area contributed by atoms with E-state index in [9.17, 15) is 74.6 Å². The molecule has 1 unspecified atom stereocenters. The lowest BCUT2D eigenvalue weighted by Crippen LogP contribution is -2.75. The van der Waals surface area contributed by atoms with E-state index in [2.05, 4.69) is 16.1 Å². The average molecular weight is 871 g/mol. The molecule has 1 aliphatic carbocycles. The minimum Gasteiger partial charge on any atom is -0.486 e. The van der Waals surface area contributed by atoms with Crippen molar-refractivity contribution >= 4 is 0 Å². The lowest BCUT2D eigenvalue weighted by molar-refractivity contribution is -0.462. The van der Waals surface area contributed by atoms with E-state index in [-0.39, 0.29) is 12.0 Å². The van der Waals surface area contributed by atoms with Gasteiger partial charge in [-0.1, -0.05) is 50.8 Å². The zero-order valence-corrected chi connectivity index (χ0v) is 30.5. The van der Waals surface area contributed by atoms with Crippen molar-refractivity contribution in [3.8, 4) is 5.75 Å². The van der Waals surface area contributed by atoms with Crippen LogP contribution in [0, 0.1) is 5.92 Å². The van der Waals surface area contributed by atoms with Crippen LogP contribution in [0.3, 0.4) is 0 Å². The van der Waals surface area contributed by atoms with Gasteiger partial charge in [-0.05, 0) is 69.1 Å². The summed E-state index contributed by atoms with van der Waals surface area (Å²) in [5.41, 5.74) is -18.5. The molecule has 1 fully saturated rings. The quantitative estimate of drug-likeness (QED) is 0.0788. The molecule has 0 aromatic heterocycles. The molecule has 1 aliphatic rings. The van der Waals surface area contributed by atoms with Gasteiger partial charge in [0.1, 0.15) is 11.9 Å². The van der Waals surface area contributed by atoms with Crippen molar-refractivity contribution in [3.63, 3.8) is 0 Å². The van der Waals surface area contributed by atoms with Crippen LogP contribution in [0.1, 0.15) is 90.0 Å². The molecule has 1 aromatic rings. The second kappa shape index (κ2) is 17.5. The molecule has 22 heteroatoms. The standard InChI is InChI=1S/C35H41F19O3/c1-5-7-8-9-21-10-12-22(13-11-21)23-14-16-24(17-15-23)57-25(19-55-28(32(43,44)45,33(46,47)48)30(39,40)26(3,4)36)20-56-29(34(49,50)51,35(52,53)54)31(41,42)27(37,38)18-6-2/h6,14-17,21-22,25H,2,5,7-13,18-20H2,1,3-4H3. The number of hydrogen-bond acceptors (Lipinski definition) is 3. The highest BCUT2D eigenvalue weighted by Crippen LogP contribution is 2.61. The summed E-state index contributed by atoms with van der Waals surface area (Å²) in [6, 6.07) is 4.16. The van der Waals surface area contributed by atoms with Crippen molar-refractivity contribution in [2.24, 2.45) is 5.92 Å². The van der Waals surface area contributed by atoms with Crippen LogP contribution < -0.4 is 4.74 Å². The molecule has 0 N–H and O–H groups in total. The molecule has 3 nitrogen and oxygen atoms in total. The van der Waals surface area contributed by atoms with Crippen LogP contribution >= 0.6 is 0 Å². The summed E-state index contributed by atoms with van der Waals surface area (Å²) in [4.78, 5) is 0.